The van der Waals surface area contributed by atoms with Gasteiger partial charge in [0.2, 0.25) is 5.91 Å². The average Bonchev–Trinajstić information content (AvgIpc) is 3.34. The number of hydrogen-bond acceptors (Lipinski definition) is 5. The van der Waals surface area contributed by atoms with Crippen LogP contribution in [0.1, 0.15) is 335 Å². The molecule has 6 heteroatoms. The highest BCUT2D eigenvalue weighted by Crippen LogP contribution is 2.18. The highest BCUT2D eigenvalue weighted by molar-refractivity contribution is 5.76. The summed E-state index contributed by atoms with van der Waals surface area (Å²) in [7, 11) is 0. The van der Waals surface area contributed by atoms with Crippen LogP contribution in [0.3, 0.4) is 0 Å². The Morgan fingerprint density at radius 3 is 1.04 bits per heavy atom. The van der Waals surface area contributed by atoms with Gasteiger partial charge in [0, 0.05) is 12.8 Å². The maximum Gasteiger partial charge on any atom is 0.305 e. The van der Waals surface area contributed by atoms with E-state index in [2.05, 4.69) is 31.3 Å². The first kappa shape index (κ1) is 66.3. The third-order valence-corrected chi connectivity index (χ3v) is 14.2. The Morgan fingerprint density at radius 2 is 0.691 bits per heavy atom. The van der Waals surface area contributed by atoms with Crippen LogP contribution in [0, 0.1) is 0 Å². The third-order valence-electron chi connectivity index (χ3n) is 14.2. The summed E-state index contributed by atoms with van der Waals surface area (Å²) in [5.41, 5.74) is 0. The highest BCUT2D eigenvalue weighted by Gasteiger charge is 2.18. The molecule has 1 amide bonds. The van der Waals surface area contributed by atoms with E-state index in [-0.39, 0.29) is 18.5 Å². The summed E-state index contributed by atoms with van der Waals surface area (Å²) in [6.07, 6.45) is 70.8. The van der Waals surface area contributed by atoms with Crippen molar-refractivity contribution >= 4 is 11.9 Å². The zero-order valence-corrected chi connectivity index (χ0v) is 45.9. The van der Waals surface area contributed by atoms with Gasteiger partial charge in [0.15, 0.2) is 0 Å². The Morgan fingerprint density at radius 1 is 0.397 bits per heavy atom. The standard InChI is InChI=1S/C62H119NO5/c1-3-5-7-9-11-13-15-17-19-21-22-23-24-25-26-27-28-29-30-32-34-38-42-46-50-54-60(65)59(58-64)63-61(66)55-51-47-43-39-36-37-41-45-49-53-57-68-62(67)56-52-48-44-40-35-33-31-20-18-16-14-12-10-8-6-4-2/h37,41,50,54,59-60,64-65H,3-36,38-40,42-49,51-53,55-58H2,1-2H3,(H,63,66)/b41-37-,54-50+. The fourth-order valence-electron chi connectivity index (χ4n) is 9.51. The van der Waals surface area contributed by atoms with Gasteiger partial charge in [-0.3, -0.25) is 9.59 Å². The van der Waals surface area contributed by atoms with Crippen molar-refractivity contribution in [2.75, 3.05) is 13.2 Å². The van der Waals surface area contributed by atoms with Gasteiger partial charge in [-0.05, 0) is 57.8 Å². The van der Waals surface area contributed by atoms with Gasteiger partial charge in [-0.15, -0.1) is 0 Å². The van der Waals surface area contributed by atoms with Gasteiger partial charge >= 0.3 is 5.97 Å². The number of allylic oxidation sites excluding steroid dienone is 3. The second-order valence-corrected chi connectivity index (χ2v) is 21.0. The van der Waals surface area contributed by atoms with Crippen molar-refractivity contribution < 1.29 is 24.5 Å². The number of aliphatic hydroxyl groups is 2. The van der Waals surface area contributed by atoms with Crippen LogP contribution in [0.2, 0.25) is 0 Å². The van der Waals surface area contributed by atoms with E-state index < -0.39 is 12.1 Å². The maximum atomic E-state index is 12.5. The van der Waals surface area contributed by atoms with Gasteiger partial charge in [0.05, 0.1) is 25.4 Å². The van der Waals surface area contributed by atoms with Crippen LogP contribution in [0.15, 0.2) is 24.3 Å². The van der Waals surface area contributed by atoms with Crippen LogP contribution in [-0.4, -0.2) is 47.4 Å². The van der Waals surface area contributed by atoms with Gasteiger partial charge < -0.3 is 20.3 Å². The van der Waals surface area contributed by atoms with Crippen molar-refractivity contribution in [1.82, 2.24) is 5.32 Å². The predicted molar refractivity (Wildman–Crippen MR) is 296 cm³/mol. The minimum Gasteiger partial charge on any atom is -0.466 e. The molecular formula is C62H119NO5. The van der Waals surface area contributed by atoms with E-state index in [1.807, 2.05) is 6.08 Å². The van der Waals surface area contributed by atoms with Crippen LogP contribution in [-0.2, 0) is 14.3 Å². The lowest BCUT2D eigenvalue weighted by Crippen LogP contribution is -2.45. The van der Waals surface area contributed by atoms with Crippen LogP contribution < -0.4 is 5.32 Å². The topological polar surface area (TPSA) is 95.9 Å². The zero-order chi connectivity index (χ0) is 49.3. The van der Waals surface area contributed by atoms with E-state index in [1.54, 1.807) is 6.08 Å². The van der Waals surface area contributed by atoms with E-state index in [0.29, 0.717) is 19.4 Å². The summed E-state index contributed by atoms with van der Waals surface area (Å²) in [5, 5.41) is 23.2. The predicted octanol–water partition coefficient (Wildman–Crippen LogP) is 19.0. The van der Waals surface area contributed by atoms with E-state index in [9.17, 15) is 19.8 Å². The fraction of sp³-hybridized carbons (Fsp3) is 0.903. The number of esters is 1. The van der Waals surface area contributed by atoms with Crippen molar-refractivity contribution in [2.45, 2.75) is 347 Å². The number of nitrogens with one attached hydrogen (secondary N) is 1. The zero-order valence-electron chi connectivity index (χ0n) is 45.9. The Balaban J connectivity index is 3.52. The molecule has 0 aliphatic heterocycles. The molecule has 0 aliphatic rings. The SMILES string of the molecule is CCCCCCCCCCCCCCCCCCCCCCCCC/C=C/C(O)C(CO)NC(=O)CCCCCC/C=C\CCCCOC(=O)CCCCCCCCCCCCCCCCCC. The smallest absolute Gasteiger partial charge is 0.305 e. The molecule has 0 heterocycles. The molecule has 0 rings (SSSR count). The molecule has 0 aromatic rings. The van der Waals surface area contributed by atoms with E-state index in [0.717, 1.165) is 77.0 Å². The maximum absolute atomic E-state index is 12.5. The van der Waals surface area contributed by atoms with E-state index in [1.165, 1.54) is 231 Å². The number of ether oxygens (including phenoxy) is 1. The molecule has 0 aliphatic carbocycles. The normalized spacial score (nSPS) is 12.7. The molecule has 0 bridgehead atoms. The summed E-state index contributed by atoms with van der Waals surface area (Å²) in [4.78, 5) is 24.6. The second-order valence-electron chi connectivity index (χ2n) is 21.0. The molecule has 0 aromatic carbocycles. The van der Waals surface area contributed by atoms with Crippen molar-refractivity contribution in [1.29, 1.82) is 0 Å². The quantitative estimate of drug-likeness (QED) is 0.0321. The monoisotopic (exact) mass is 958 g/mol. The van der Waals surface area contributed by atoms with Gasteiger partial charge in [0.25, 0.3) is 0 Å². The lowest BCUT2D eigenvalue weighted by Gasteiger charge is -2.20. The Kier molecular flexibility index (Phi) is 56.5. The molecule has 0 saturated carbocycles. The summed E-state index contributed by atoms with van der Waals surface area (Å²) in [6, 6.07) is -0.654. The molecule has 3 N–H and O–H groups in total. The molecule has 402 valence electrons. The van der Waals surface area contributed by atoms with Crippen molar-refractivity contribution in [3.63, 3.8) is 0 Å². The number of rotatable bonds is 57. The van der Waals surface area contributed by atoms with Crippen molar-refractivity contribution in [3.05, 3.63) is 24.3 Å². The molecule has 2 unspecified atom stereocenters. The second kappa shape index (κ2) is 57.9. The Labute approximate surface area is 424 Å². The molecular weight excluding hydrogens is 839 g/mol. The van der Waals surface area contributed by atoms with Gasteiger partial charge in [-0.2, -0.15) is 0 Å². The Bertz CT molecular complexity index is 1060. The Hall–Kier alpha value is -1.66. The average molecular weight is 959 g/mol. The summed E-state index contributed by atoms with van der Waals surface area (Å²) < 4.78 is 5.45. The van der Waals surface area contributed by atoms with Crippen LogP contribution in [0.4, 0.5) is 0 Å². The van der Waals surface area contributed by atoms with Gasteiger partial charge in [0.1, 0.15) is 0 Å². The lowest BCUT2D eigenvalue weighted by molar-refractivity contribution is -0.143. The molecule has 2 atom stereocenters. The first-order valence-corrected chi connectivity index (χ1v) is 30.6. The van der Waals surface area contributed by atoms with Crippen molar-refractivity contribution in [2.24, 2.45) is 0 Å². The number of amides is 1. The molecule has 6 nitrogen and oxygen atoms in total. The molecule has 68 heavy (non-hydrogen) atoms. The number of hydrogen-bond donors (Lipinski definition) is 3. The van der Waals surface area contributed by atoms with Crippen LogP contribution >= 0.6 is 0 Å². The number of carbonyl (C=O) groups excluding carboxylic acids is 2. The third kappa shape index (κ3) is 53.7. The fourth-order valence-corrected chi connectivity index (χ4v) is 9.51. The van der Waals surface area contributed by atoms with Crippen molar-refractivity contribution in [3.8, 4) is 0 Å². The molecule has 0 radical (unpaired) electrons. The molecule has 0 saturated heterocycles. The number of unbranched alkanes of at least 4 members (excludes halogenated alkanes) is 44. The van der Waals surface area contributed by atoms with Crippen LogP contribution in [0.5, 0.6) is 0 Å². The molecule has 0 aromatic heterocycles. The minimum absolute atomic E-state index is 0.0341. The largest absolute Gasteiger partial charge is 0.466 e. The number of aliphatic hydroxyl groups excluding tert-OH is 2. The number of carbonyl (C=O) groups is 2. The minimum atomic E-state index is -0.867. The highest BCUT2D eigenvalue weighted by atomic mass is 16.5. The summed E-state index contributed by atoms with van der Waals surface area (Å²) in [5.74, 6) is -0.134. The molecule has 0 fully saturated rings. The van der Waals surface area contributed by atoms with Gasteiger partial charge in [-0.25, -0.2) is 0 Å². The van der Waals surface area contributed by atoms with E-state index in [4.69, 9.17) is 4.74 Å². The van der Waals surface area contributed by atoms with E-state index >= 15 is 0 Å². The van der Waals surface area contributed by atoms with Crippen LogP contribution in [0.25, 0.3) is 0 Å². The summed E-state index contributed by atoms with van der Waals surface area (Å²) >= 11 is 0. The molecule has 0 spiro atoms. The van der Waals surface area contributed by atoms with Gasteiger partial charge in [-0.1, -0.05) is 289 Å². The first-order valence-electron chi connectivity index (χ1n) is 30.6. The summed E-state index contributed by atoms with van der Waals surface area (Å²) in [6.45, 7) is 4.84. The first-order chi connectivity index (χ1) is 33.5. The lowest BCUT2D eigenvalue weighted by atomic mass is 10.0.